The summed E-state index contributed by atoms with van der Waals surface area (Å²) in [6, 6.07) is 0. The summed E-state index contributed by atoms with van der Waals surface area (Å²) < 4.78 is 0. The molecule has 12 heavy (non-hydrogen) atoms. The van der Waals surface area contributed by atoms with Gasteiger partial charge in [-0.3, -0.25) is 4.79 Å². The zero-order chi connectivity index (χ0) is 8.60. The van der Waals surface area contributed by atoms with Gasteiger partial charge in [0.05, 0.1) is 0 Å². The van der Waals surface area contributed by atoms with Crippen LogP contribution in [0.4, 0.5) is 0 Å². The minimum Gasteiger partial charge on any atom is -0.310 e. The van der Waals surface area contributed by atoms with Crippen LogP contribution in [0.5, 0.6) is 0 Å². The number of Topliss-reactive ketones (excluding diaryl/α,β-unsaturated/α-hetero) is 1. The van der Waals surface area contributed by atoms with Gasteiger partial charge in [0.1, 0.15) is 5.78 Å². The maximum absolute atomic E-state index is 11.3. The fourth-order valence-electron chi connectivity index (χ4n) is 2.38. The molecule has 1 unspecified atom stereocenters. The summed E-state index contributed by atoms with van der Waals surface area (Å²) in [6.45, 7) is 3.11. The van der Waals surface area contributed by atoms with E-state index < -0.39 is 0 Å². The number of hydrogen-bond acceptors (Lipinski definition) is 2. The first kappa shape index (κ1) is 8.24. The zero-order valence-electron chi connectivity index (χ0n) is 7.73. The van der Waals surface area contributed by atoms with Gasteiger partial charge in [0, 0.05) is 24.9 Å². The van der Waals surface area contributed by atoms with Gasteiger partial charge in [-0.15, -0.1) is 0 Å². The molecular weight excluding hydrogens is 150 g/mol. The molecular formula is C10H17NO. The first-order valence-corrected chi connectivity index (χ1v) is 4.97. The monoisotopic (exact) mass is 167 g/mol. The topological polar surface area (TPSA) is 29.1 Å². The summed E-state index contributed by atoms with van der Waals surface area (Å²) in [5, 5.41) is 3.51. The van der Waals surface area contributed by atoms with Gasteiger partial charge in [-0.25, -0.2) is 0 Å². The summed E-state index contributed by atoms with van der Waals surface area (Å²) in [5.41, 5.74) is 0.146. The molecule has 0 aromatic carbocycles. The van der Waals surface area contributed by atoms with Crippen molar-refractivity contribution in [1.29, 1.82) is 0 Å². The van der Waals surface area contributed by atoms with Crippen LogP contribution in [0.2, 0.25) is 0 Å². The molecule has 1 aliphatic carbocycles. The van der Waals surface area contributed by atoms with Crippen molar-refractivity contribution in [2.75, 3.05) is 6.54 Å². The summed E-state index contributed by atoms with van der Waals surface area (Å²) >= 11 is 0. The SMILES string of the molecule is CC1(C2CCC2)CC(=O)CCN1. The van der Waals surface area contributed by atoms with Gasteiger partial charge in [0.25, 0.3) is 0 Å². The van der Waals surface area contributed by atoms with Crippen LogP contribution in [0.1, 0.15) is 39.0 Å². The van der Waals surface area contributed by atoms with Crippen LogP contribution in [0.3, 0.4) is 0 Å². The van der Waals surface area contributed by atoms with Crippen LogP contribution >= 0.6 is 0 Å². The van der Waals surface area contributed by atoms with E-state index in [2.05, 4.69) is 12.2 Å². The Labute approximate surface area is 73.7 Å². The van der Waals surface area contributed by atoms with Gasteiger partial charge >= 0.3 is 0 Å². The average Bonchev–Trinajstić information content (AvgIpc) is 1.79. The Hall–Kier alpha value is -0.370. The van der Waals surface area contributed by atoms with Gasteiger partial charge in [0.15, 0.2) is 0 Å². The smallest absolute Gasteiger partial charge is 0.136 e. The quantitative estimate of drug-likeness (QED) is 0.641. The summed E-state index contributed by atoms with van der Waals surface area (Å²) in [4.78, 5) is 11.3. The van der Waals surface area contributed by atoms with E-state index >= 15 is 0 Å². The molecule has 0 spiro atoms. The van der Waals surface area contributed by atoms with Crippen molar-refractivity contribution in [3.05, 3.63) is 0 Å². The van der Waals surface area contributed by atoms with E-state index in [4.69, 9.17) is 0 Å². The van der Waals surface area contributed by atoms with Crippen LogP contribution in [-0.2, 0) is 4.79 Å². The van der Waals surface area contributed by atoms with E-state index in [9.17, 15) is 4.79 Å². The Bertz CT molecular complexity index is 198. The first-order valence-electron chi connectivity index (χ1n) is 4.97. The highest BCUT2D eigenvalue weighted by molar-refractivity contribution is 5.80. The van der Waals surface area contributed by atoms with E-state index in [0.29, 0.717) is 5.78 Å². The normalized spacial score (nSPS) is 37.9. The van der Waals surface area contributed by atoms with Crippen LogP contribution in [0.25, 0.3) is 0 Å². The van der Waals surface area contributed by atoms with Crippen molar-refractivity contribution in [3.63, 3.8) is 0 Å². The molecule has 0 amide bonds. The fraction of sp³-hybridized carbons (Fsp3) is 0.900. The Morgan fingerprint density at radius 3 is 2.75 bits per heavy atom. The molecule has 0 aromatic rings. The van der Waals surface area contributed by atoms with Crippen LogP contribution in [-0.4, -0.2) is 17.9 Å². The average molecular weight is 167 g/mol. The first-order chi connectivity index (χ1) is 5.71. The zero-order valence-corrected chi connectivity index (χ0v) is 7.73. The molecule has 1 N–H and O–H groups in total. The number of ketones is 1. The van der Waals surface area contributed by atoms with Crippen LogP contribution < -0.4 is 5.32 Å². The van der Waals surface area contributed by atoms with Crippen LogP contribution in [0, 0.1) is 5.92 Å². The lowest BCUT2D eigenvalue weighted by Gasteiger charge is -2.45. The van der Waals surface area contributed by atoms with Crippen molar-refractivity contribution in [1.82, 2.24) is 5.32 Å². The summed E-state index contributed by atoms with van der Waals surface area (Å²) in [6.07, 6.45) is 5.49. The molecule has 0 aromatic heterocycles. The molecule has 1 heterocycles. The molecule has 2 rings (SSSR count). The van der Waals surface area contributed by atoms with Gasteiger partial charge in [-0.1, -0.05) is 6.42 Å². The Morgan fingerprint density at radius 2 is 2.25 bits per heavy atom. The van der Waals surface area contributed by atoms with Gasteiger partial charge in [-0.2, -0.15) is 0 Å². The highest BCUT2D eigenvalue weighted by Crippen LogP contribution is 2.39. The van der Waals surface area contributed by atoms with E-state index in [1.54, 1.807) is 0 Å². The van der Waals surface area contributed by atoms with E-state index in [-0.39, 0.29) is 5.54 Å². The lowest BCUT2D eigenvalue weighted by Crippen LogP contribution is -2.55. The third-order valence-electron chi connectivity index (χ3n) is 3.50. The number of nitrogens with one attached hydrogen (secondary N) is 1. The lowest BCUT2D eigenvalue weighted by molar-refractivity contribution is -0.123. The van der Waals surface area contributed by atoms with Crippen molar-refractivity contribution in [2.45, 2.75) is 44.6 Å². The number of rotatable bonds is 1. The predicted octanol–water partition coefficient (Wildman–Crippen LogP) is 1.50. The van der Waals surface area contributed by atoms with Gasteiger partial charge in [0.2, 0.25) is 0 Å². The van der Waals surface area contributed by atoms with Crippen LogP contribution in [0.15, 0.2) is 0 Å². The Kier molecular flexibility index (Phi) is 1.95. The van der Waals surface area contributed by atoms with Crippen molar-refractivity contribution < 1.29 is 4.79 Å². The molecule has 1 saturated carbocycles. The molecule has 2 heteroatoms. The largest absolute Gasteiger partial charge is 0.310 e. The maximum Gasteiger partial charge on any atom is 0.136 e. The number of carbonyl (C=O) groups is 1. The van der Waals surface area contributed by atoms with Crippen molar-refractivity contribution >= 4 is 5.78 Å². The Balaban J connectivity index is 2.02. The third kappa shape index (κ3) is 1.28. The number of carbonyl (C=O) groups excluding carboxylic acids is 1. The second kappa shape index (κ2) is 2.84. The highest BCUT2D eigenvalue weighted by Gasteiger charge is 2.40. The van der Waals surface area contributed by atoms with Crippen molar-refractivity contribution in [2.24, 2.45) is 5.92 Å². The molecule has 2 aliphatic rings. The van der Waals surface area contributed by atoms with E-state index in [0.717, 1.165) is 25.3 Å². The minimum atomic E-state index is 0.146. The lowest BCUT2D eigenvalue weighted by atomic mass is 9.68. The predicted molar refractivity (Wildman–Crippen MR) is 48.0 cm³/mol. The molecule has 2 nitrogen and oxygen atoms in total. The molecule has 1 atom stereocenters. The fourth-order valence-corrected chi connectivity index (χ4v) is 2.38. The van der Waals surface area contributed by atoms with Gasteiger partial charge in [-0.05, 0) is 25.7 Å². The van der Waals surface area contributed by atoms with E-state index in [1.165, 1.54) is 19.3 Å². The number of piperidine rings is 1. The molecule has 0 radical (unpaired) electrons. The molecule has 0 bridgehead atoms. The second-order valence-electron chi connectivity index (χ2n) is 4.44. The Morgan fingerprint density at radius 1 is 1.50 bits per heavy atom. The van der Waals surface area contributed by atoms with E-state index in [1.807, 2.05) is 0 Å². The van der Waals surface area contributed by atoms with Gasteiger partial charge < -0.3 is 5.32 Å². The maximum atomic E-state index is 11.3. The number of hydrogen-bond donors (Lipinski definition) is 1. The minimum absolute atomic E-state index is 0.146. The summed E-state index contributed by atoms with van der Waals surface area (Å²) in [7, 11) is 0. The third-order valence-corrected chi connectivity index (χ3v) is 3.50. The highest BCUT2D eigenvalue weighted by atomic mass is 16.1. The molecule has 68 valence electrons. The summed E-state index contributed by atoms with van der Waals surface area (Å²) in [5.74, 6) is 1.21. The van der Waals surface area contributed by atoms with Crippen molar-refractivity contribution in [3.8, 4) is 0 Å². The molecule has 1 saturated heterocycles. The molecule has 1 aliphatic heterocycles. The standard InChI is InChI=1S/C10H17NO/c1-10(8-3-2-4-8)7-9(12)5-6-11-10/h8,11H,2-7H2,1H3. The second-order valence-corrected chi connectivity index (χ2v) is 4.44. The molecule has 2 fully saturated rings.